The van der Waals surface area contributed by atoms with Crippen LogP contribution in [0.25, 0.3) is 0 Å². The largest absolute Gasteiger partial charge is 0.481 e. The van der Waals surface area contributed by atoms with Gasteiger partial charge in [0.1, 0.15) is 0 Å². The summed E-state index contributed by atoms with van der Waals surface area (Å²) in [6.07, 6.45) is -2.48. The highest BCUT2D eigenvalue weighted by Gasteiger charge is 2.20. The molecule has 0 atom stereocenters. The summed E-state index contributed by atoms with van der Waals surface area (Å²) < 4.78 is 30.0. The molecule has 23 heavy (non-hydrogen) atoms. The number of carboxylic acids is 1. The minimum atomic E-state index is -2.78. The number of amides is 1. The zero-order chi connectivity index (χ0) is 17.0. The molecule has 1 aromatic heterocycles. The van der Waals surface area contributed by atoms with Gasteiger partial charge < -0.3 is 14.8 Å². The van der Waals surface area contributed by atoms with E-state index in [0.29, 0.717) is 17.7 Å². The molecule has 1 heterocycles. The first-order valence-electron chi connectivity index (χ1n) is 6.87. The first-order valence-corrected chi connectivity index (χ1v) is 6.87. The van der Waals surface area contributed by atoms with Crippen molar-refractivity contribution < 1.29 is 27.9 Å². The van der Waals surface area contributed by atoms with Crippen molar-refractivity contribution in [1.29, 1.82) is 0 Å². The van der Waals surface area contributed by atoms with Crippen LogP contribution in [0.4, 0.5) is 14.5 Å². The molecule has 2 rings (SSSR count). The van der Waals surface area contributed by atoms with Gasteiger partial charge in [-0.05, 0) is 37.1 Å². The second-order valence-electron chi connectivity index (χ2n) is 5.01. The van der Waals surface area contributed by atoms with Crippen LogP contribution in [0.1, 0.15) is 40.3 Å². The summed E-state index contributed by atoms with van der Waals surface area (Å²) in [6, 6.07) is 7.79. The highest BCUT2D eigenvalue weighted by Crippen LogP contribution is 2.25. The molecule has 0 unspecified atom stereocenters. The van der Waals surface area contributed by atoms with E-state index < -0.39 is 24.1 Å². The van der Waals surface area contributed by atoms with Gasteiger partial charge in [0.15, 0.2) is 11.5 Å². The molecule has 0 aliphatic carbocycles. The molecule has 1 aromatic carbocycles. The van der Waals surface area contributed by atoms with Crippen LogP contribution >= 0.6 is 0 Å². The van der Waals surface area contributed by atoms with E-state index >= 15 is 0 Å². The van der Waals surface area contributed by atoms with Crippen LogP contribution < -0.4 is 5.32 Å². The summed E-state index contributed by atoms with van der Waals surface area (Å²) in [4.78, 5) is 22.7. The van der Waals surface area contributed by atoms with Gasteiger partial charge in [-0.2, -0.15) is 0 Å². The zero-order valence-electron chi connectivity index (χ0n) is 12.3. The number of rotatable bonds is 6. The molecule has 0 radical (unpaired) electrons. The number of carbonyl (C=O) groups is 2. The first kappa shape index (κ1) is 16.7. The minimum absolute atomic E-state index is 0.0214. The molecule has 0 aliphatic heterocycles. The Hall–Kier alpha value is -2.70. The van der Waals surface area contributed by atoms with Gasteiger partial charge in [-0.1, -0.05) is 12.1 Å². The number of aryl methyl sites for hydroxylation is 2. The molecule has 0 fully saturated rings. The van der Waals surface area contributed by atoms with Gasteiger partial charge in [0.25, 0.3) is 12.3 Å². The fraction of sp³-hybridized carbons (Fsp3) is 0.250. The predicted octanol–water partition coefficient (Wildman–Crippen LogP) is 3.80. The maximum atomic E-state index is 12.6. The quantitative estimate of drug-likeness (QED) is 0.847. The van der Waals surface area contributed by atoms with E-state index in [1.807, 2.05) is 0 Å². The summed E-state index contributed by atoms with van der Waals surface area (Å²) in [5.74, 6) is -2.27. The molecule has 0 saturated heterocycles. The Morgan fingerprint density at radius 1 is 1.30 bits per heavy atom. The Morgan fingerprint density at radius 3 is 2.65 bits per heavy atom. The molecule has 122 valence electrons. The number of benzene rings is 1. The Labute approximate surface area is 130 Å². The molecule has 2 N–H and O–H groups in total. The molecule has 0 bridgehead atoms. The van der Waals surface area contributed by atoms with Crippen LogP contribution in [0.2, 0.25) is 0 Å². The second kappa shape index (κ2) is 7.04. The molecular weight excluding hydrogens is 308 g/mol. The van der Waals surface area contributed by atoms with Crippen LogP contribution in [0.3, 0.4) is 0 Å². The Morgan fingerprint density at radius 2 is 2.04 bits per heavy atom. The van der Waals surface area contributed by atoms with Crippen LogP contribution in [0.5, 0.6) is 0 Å². The lowest BCUT2D eigenvalue weighted by atomic mass is 10.1. The standard InChI is InChI=1S/C16H15F2NO4/c1-9-7-12(15(17)18)23-14(9)16(22)19-11-4-2-3-10(8-11)5-6-13(20)21/h2-4,7-8,15H,5-6H2,1H3,(H,19,22)(H,20,21). The summed E-state index contributed by atoms with van der Waals surface area (Å²) in [5.41, 5.74) is 1.50. The summed E-state index contributed by atoms with van der Waals surface area (Å²) in [6.45, 7) is 1.51. The van der Waals surface area contributed by atoms with Gasteiger partial charge in [-0.15, -0.1) is 0 Å². The highest BCUT2D eigenvalue weighted by molar-refractivity contribution is 6.03. The number of halogens is 2. The Kier molecular flexibility index (Phi) is 5.10. The van der Waals surface area contributed by atoms with E-state index in [0.717, 1.165) is 11.6 Å². The van der Waals surface area contributed by atoms with Gasteiger partial charge in [0.05, 0.1) is 0 Å². The average molecular weight is 323 g/mol. The number of hydrogen-bond donors (Lipinski definition) is 2. The molecule has 2 aromatic rings. The number of carbonyl (C=O) groups excluding carboxylic acids is 1. The van der Waals surface area contributed by atoms with Gasteiger partial charge in [-0.25, -0.2) is 8.78 Å². The molecule has 1 amide bonds. The first-order chi connectivity index (χ1) is 10.9. The third-order valence-electron chi connectivity index (χ3n) is 3.17. The molecule has 0 spiro atoms. The summed E-state index contributed by atoms with van der Waals surface area (Å²) in [5, 5.41) is 11.2. The molecule has 0 aliphatic rings. The van der Waals surface area contributed by atoms with Crippen molar-refractivity contribution in [3.63, 3.8) is 0 Å². The van der Waals surface area contributed by atoms with Crippen molar-refractivity contribution in [2.45, 2.75) is 26.2 Å². The second-order valence-corrected chi connectivity index (χ2v) is 5.01. The van der Waals surface area contributed by atoms with Gasteiger partial charge in [-0.3, -0.25) is 9.59 Å². The fourth-order valence-electron chi connectivity index (χ4n) is 2.08. The summed E-state index contributed by atoms with van der Waals surface area (Å²) in [7, 11) is 0. The molecule has 5 nitrogen and oxygen atoms in total. The van der Waals surface area contributed by atoms with Gasteiger partial charge in [0.2, 0.25) is 0 Å². The lowest BCUT2D eigenvalue weighted by Gasteiger charge is -2.06. The molecular formula is C16H15F2NO4. The van der Waals surface area contributed by atoms with E-state index in [4.69, 9.17) is 9.52 Å². The lowest BCUT2D eigenvalue weighted by molar-refractivity contribution is -0.136. The highest BCUT2D eigenvalue weighted by atomic mass is 19.3. The van der Waals surface area contributed by atoms with Crippen molar-refractivity contribution in [2.75, 3.05) is 5.32 Å². The van der Waals surface area contributed by atoms with E-state index in [9.17, 15) is 18.4 Å². The monoisotopic (exact) mass is 323 g/mol. The van der Waals surface area contributed by atoms with Crippen LogP contribution in [-0.2, 0) is 11.2 Å². The smallest absolute Gasteiger partial charge is 0.303 e. The van der Waals surface area contributed by atoms with Crippen LogP contribution in [-0.4, -0.2) is 17.0 Å². The van der Waals surface area contributed by atoms with Crippen molar-refractivity contribution in [3.8, 4) is 0 Å². The van der Waals surface area contributed by atoms with Crippen LogP contribution in [0.15, 0.2) is 34.7 Å². The number of anilines is 1. The zero-order valence-corrected chi connectivity index (χ0v) is 12.3. The number of furan rings is 1. The topological polar surface area (TPSA) is 79.5 Å². The molecule has 7 heteroatoms. The van der Waals surface area contributed by atoms with Gasteiger partial charge in [0, 0.05) is 17.7 Å². The van der Waals surface area contributed by atoms with Crippen LogP contribution in [0, 0.1) is 6.92 Å². The van der Waals surface area contributed by atoms with E-state index in [2.05, 4.69) is 5.32 Å². The maximum absolute atomic E-state index is 12.6. The maximum Gasteiger partial charge on any atom is 0.303 e. The van der Waals surface area contributed by atoms with Crippen molar-refractivity contribution in [2.24, 2.45) is 0 Å². The minimum Gasteiger partial charge on any atom is -0.481 e. The fourth-order valence-corrected chi connectivity index (χ4v) is 2.08. The predicted molar refractivity (Wildman–Crippen MR) is 78.8 cm³/mol. The van der Waals surface area contributed by atoms with E-state index in [1.54, 1.807) is 24.3 Å². The van der Waals surface area contributed by atoms with Gasteiger partial charge >= 0.3 is 5.97 Å². The SMILES string of the molecule is Cc1cc(C(F)F)oc1C(=O)Nc1cccc(CCC(=O)O)c1. The third kappa shape index (κ3) is 4.38. The van der Waals surface area contributed by atoms with Crippen molar-refractivity contribution >= 4 is 17.6 Å². The number of carboxylic acid groups (broad SMARTS) is 1. The lowest BCUT2D eigenvalue weighted by Crippen LogP contribution is -2.12. The average Bonchev–Trinajstić information content (AvgIpc) is 2.88. The number of hydrogen-bond acceptors (Lipinski definition) is 3. The molecule has 0 saturated carbocycles. The number of alkyl halides is 2. The number of nitrogens with one attached hydrogen (secondary N) is 1. The van der Waals surface area contributed by atoms with E-state index in [-0.39, 0.29) is 12.2 Å². The number of aliphatic carboxylic acids is 1. The normalized spacial score (nSPS) is 10.8. The summed E-state index contributed by atoms with van der Waals surface area (Å²) >= 11 is 0. The Balaban J connectivity index is 2.11. The third-order valence-corrected chi connectivity index (χ3v) is 3.17. The van der Waals surface area contributed by atoms with Crippen molar-refractivity contribution in [3.05, 3.63) is 53.0 Å². The van der Waals surface area contributed by atoms with E-state index in [1.165, 1.54) is 6.92 Å². The Bertz CT molecular complexity index is 725. The van der Waals surface area contributed by atoms with Crippen molar-refractivity contribution in [1.82, 2.24) is 0 Å².